The van der Waals surface area contributed by atoms with Crippen LogP contribution in [0.3, 0.4) is 0 Å². The maximum absolute atomic E-state index is 12.1. The Balaban J connectivity index is 1.60. The van der Waals surface area contributed by atoms with E-state index < -0.39 is 0 Å². The Bertz CT molecular complexity index is 861. The lowest BCUT2D eigenvalue weighted by Gasteiger charge is -2.08. The molecule has 2 aromatic heterocycles. The lowest BCUT2D eigenvalue weighted by atomic mass is 10.1. The quantitative estimate of drug-likeness (QED) is 0.774. The molecule has 0 saturated heterocycles. The van der Waals surface area contributed by atoms with E-state index in [2.05, 4.69) is 15.7 Å². The van der Waals surface area contributed by atoms with Gasteiger partial charge in [-0.2, -0.15) is 5.10 Å². The van der Waals surface area contributed by atoms with Gasteiger partial charge in [0.05, 0.1) is 12.1 Å². The number of hydrogen-bond acceptors (Lipinski definition) is 3. The summed E-state index contributed by atoms with van der Waals surface area (Å²) in [7, 11) is 0. The molecule has 0 aliphatic rings. The van der Waals surface area contributed by atoms with E-state index in [1.165, 1.54) is 0 Å². The molecule has 0 saturated carbocycles. The lowest BCUT2D eigenvalue weighted by molar-refractivity contribution is -0.115. The van der Waals surface area contributed by atoms with E-state index in [1.54, 1.807) is 16.8 Å². The first kappa shape index (κ1) is 15.7. The monoisotopic (exact) mass is 322 g/mol. The van der Waals surface area contributed by atoms with Gasteiger partial charge in [-0.25, -0.2) is 4.52 Å². The smallest absolute Gasteiger partial charge is 0.272 e. The average molecular weight is 322 g/mol. The first-order chi connectivity index (χ1) is 11.5. The number of nitrogens with zero attached hydrogens (tertiary/aromatic N) is 2. The Hall–Kier alpha value is -3.15. The van der Waals surface area contributed by atoms with Crippen molar-refractivity contribution in [2.24, 2.45) is 0 Å². The number of carbonyl (C=O) groups is 2. The van der Waals surface area contributed by atoms with Crippen LogP contribution in [0.5, 0.6) is 0 Å². The highest BCUT2D eigenvalue weighted by Gasteiger charge is 2.12. The molecule has 0 spiro atoms. The maximum Gasteiger partial charge on any atom is 0.272 e. The molecule has 1 aromatic carbocycles. The summed E-state index contributed by atoms with van der Waals surface area (Å²) in [5.74, 6) is -0.661. The van der Waals surface area contributed by atoms with Gasteiger partial charge < -0.3 is 10.6 Å². The van der Waals surface area contributed by atoms with Gasteiger partial charge in [-0.15, -0.1) is 0 Å². The van der Waals surface area contributed by atoms with Gasteiger partial charge in [0.2, 0.25) is 5.91 Å². The number of pyridine rings is 1. The SMILES string of the molecule is Cc1cc(C)cc(NC(=O)CNC(=O)c2cc3ccccn3n2)c1. The zero-order chi connectivity index (χ0) is 17.1. The highest BCUT2D eigenvalue weighted by atomic mass is 16.2. The van der Waals surface area contributed by atoms with E-state index in [0.717, 1.165) is 22.3 Å². The molecule has 3 aromatic rings. The van der Waals surface area contributed by atoms with Crippen LogP contribution in [0.1, 0.15) is 21.6 Å². The third-order valence-electron chi connectivity index (χ3n) is 3.52. The van der Waals surface area contributed by atoms with Crippen LogP contribution in [-0.2, 0) is 4.79 Å². The van der Waals surface area contributed by atoms with Crippen molar-refractivity contribution in [3.05, 3.63) is 65.5 Å². The van der Waals surface area contributed by atoms with Crippen LogP contribution in [0.25, 0.3) is 5.52 Å². The normalized spacial score (nSPS) is 10.6. The summed E-state index contributed by atoms with van der Waals surface area (Å²) in [6.07, 6.45) is 1.76. The predicted molar refractivity (Wildman–Crippen MR) is 92.1 cm³/mol. The number of carbonyl (C=O) groups excluding carboxylic acids is 2. The van der Waals surface area contributed by atoms with E-state index in [1.807, 2.05) is 50.2 Å². The van der Waals surface area contributed by atoms with Crippen molar-refractivity contribution in [2.75, 3.05) is 11.9 Å². The number of amides is 2. The number of aromatic nitrogens is 2. The van der Waals surface area contributed by atoms with Crippen LogP contribution >= 0.6 is 0 Å². The van der Waals surface area contributed by atoms with Gasteiger partial charge in [0, 0.05) is 11.9 Å². The molecular formula is C18H18N4O2. The van der Waals surface area contributed by atoms with Gasteiger partial charge in [0.15, 0.2) is 5.69 Å². The summed E-state index contributed by atoms with van der Waals surface area (Å²) in [5.41, 5.74) is 3.96. The second-order valence-corrected chi connectivity index (χ2v) is 5.71. The Morgan fingerprint density at radius 1 is 1.08 bits per heavy atom. The fraction of sp³-hybridized carbons (Fsp3) is 0.167. The average Bonchev–Trinajstić information content (AvgIpc) is 2.95. The number of nitrogens with one attached hydrogen (secondary N) is 2. The van der Waals surface area contributed by atoms with E-state index in [0.29, 0.717) is 0 Å². The topological polar surface area (TPSA) is 75.5 Å². The number of fused-ring (bicyclic) bond motifs is 1. The summed E-state index contributed by atoms with van der Waals surface area (Å²) in [6, 6.07) is 13.0. The van der Waals surface area contributed by atoms with Crippen LogP contribution in [0.2, 0.25) is 0 Å². The van der Waals surface area contributed by atoms with Gasteiger partial charge >= 0.3 is 0 Å². The molecule has 0 unspecified atom stereocenters. The largest absolute Gasteiger partial charge is 0.342 e. The molecule has 6 heteroatoms. The Morgan fingerprint density at radius 3 is 2.54 bits per heavy atom. The summed E-state index contributed by atoms with van der Waals surface area (Å²) >= 11 is 0. The predicted octanol–water partition coefficient (Wildman–Crippen LogP) is 2.32. The van der Waals surface area contributed by atoms with Gasteiger partial charge in [0.1, 0.15) is 0 Å². The molecule has 122 valence electrons. The molecule has 0 radical (unpaired) electrons. The number of benzene rings is 1. The summed E-state index contributed by atoms with van der Waals surface area (Å²) in [6.45, 7) is 3.82. The summed E-state index contributed by atoms with van der Waals surface area (Å²) in [4.78, 5) is 24.1. The summed E-state index contributed by atoms with van der Waals surface area (Å²) < 4.78 is 1.62. The Kier molecular flexibility index (Phi) is 4.29. The molecule has 2 heterocycles. The van der Waals surface area contributed by atoms with E-state index in [9.17, 15) is 9.59 Å². The van der Waals surface area contributed by atoms with Crippen molar-refractivity contribution in [3.63, 3.8) is 0 Å². The van der Waals surface area contributed by atoms with Gasteiger partial charge in [-0.05, 0) is 55.3 Å². The fourth-order valence-corrected chi connectivity index (χ4v) is 2.55. The van der Waals surface area contributed by atoms with E-state index in [-0.39, 0.29) is 24.1 Å². The van der Waals surface area contributed by atoms with Crippen LogP contribution in [-0.4, -0.2) is 28.0 Å². The molecule has 3 rings (SSSR count). The van der Waals surface area contributed by atoms with Crippen LogP contribution < -0.4 is 10.6 Å². The molecule has 0 fully saturated rings. The highest BCUT2D eigenvalue weighted by molar-refractivity contribution is 5.99. The number of aryl methyl sites for hydroxylation is 2. The second kappa shape index (κ2) is 6.54. The molecule has 0 aliphatic carbocycles. The minimum atomic E-state index is -0.380. The molecule has 0 bridgehead atoms. The number of anilines is 1. The molecule has 2 amide bonds. The third-order valence-corrected chi connectivity index (χ3v) is 3.52. The maximum atomic E-state index is 12.1. The zero-order valence-electron chi connectivity index (χ0n) is 13.5. The van der Waals surface area contributed by atoms with Crippen LogP contribution in [0.15, 0.2) is 48.7 Å². The Morgan fingerprint density at radius 2 is 1.83 bits per heavy atom. The lowest BCUT2D eigenvalue weighted by Crippen LogP contribution is -2.33. The van der Waals surface area contributed by atoms with E-state index >= 15 is 0 Å². The highest BCUT2D eigenvalue weighted by Crippen LogP contribution is 2.13. The minimum Gasteiger partial charge on any atom is -0.342 e. The van der Waals surface area contributed by atoms with Crippen molar-refractivity contribution in [1.82, 2.24) is 14.9 Å². The standard InChI is InChI=1S/C18H18N4O2/c1-12-7-13(2)9-14(8-12)20-17(23)11-19-18(24)16-10-15-5-3-4-6-22(15)21-16/h3-10H,11H2,1-2H3,(H,19,24)(H,20,23). The van der Waals surface area contributed by atoms with Crippen molar-refractivity contribution >= 4 is 23.0 Å². The Labute approximate surface area is 139 Å². The third kappa shape index (κ3) is 3.60. The van der Waals surface area contributed by atoms with Crippen LogP contribution in [0.4, 0.5) is 5.69 Å². The molecule has 0 atom stereocenters. The van der Waals surface area contributed by atoms with Gasteiger partial charge in [-0.3, -0.25) is 9.59 Å². The minimum absolute atomic E-state index is 0.111. The molecule has 0 aliphatic heterocycles. The second-order valence-electron chi connectivity index (χ2n) is 5.71. The van der Waals surface area contributed by atoms with Crippen molar-refractivity contribution in [3.8, 4) is 0 Å². The molecule has 24 heavy (non-hydrogen) atoms. The van der Waals surface area contributed by atoms with Crippen molar-refractivity contribution in [1.29, 1.82) is 0 Å². The number of rotatable bonds is 4. The van der Waals surface area contributed by atoms with Crippen molar-refractivity contribution < 1.29 is 9.59 Å². The van der Waals surface area contributed by atoms with Gasteiger partial charge in [-0.1, -0.05) is 12.1 Å². The van der Waals surface area contributed by atoms with Crippen molar-refractivity contribution in [2.45, 2.75) is 13.8 Å². The summed E-state index contributed by atoms with van der Waals surface area (Å²) in [5, 5.41) is 9.53. The molecular weight excluding hydrogens is 304 g/mol. The first-order valence-electron chi connectivity index (χ1n) is 7.62. The van der Waals surface area contributed by atoms with Gasteiger partial charge in [0.25, 0.3) is 5.91 Å². The fourth-order valence-electron chi connectivity index (χ4n) is 2.55. The van der Waals surface area contributed by atoms with E-state index in [4.69, 9.17) is 0 Å². The zero-order valence-corrected chi connectivity index (χ0v) is 13.5. The molecule has 6 nitrogen and oxygen atoms in total. The first-order valence-corrected chi connectivity index (χ1v) is 7.62. The van der Waals surface area contributed by atoms with Crippen LogP contribution in [0, 0.1) is 13.8 Å². The number of hydrogen-bond donors (Lipinski definition) is 2. The molecule has 2 N–H and O–H groups in total.